The van der Waals surface area contributed by atoms with Crippen molar-refractivity contribution in [1.82, 2.24) is 10.2 Å². The van der Waals surface area contributed by atoms with Gasteiger partial charge in [-0.15, -0.1) is 0 Å². The number of nitrogens with one attached hydrogen (secondary N) is 1. The van der Waals surface area contributed by atoms with Crippen LogP contribution in [0.2, 0.25) is 0 Å². The number of hydrogen-bond donors (Lipinski definition) is 2. The number of carbonyl (C=O) groups excluding carboxylic acids is 2. The van der Waals surface area contributed by atoms with Crippen LogP contribution in [0, 0.1) is 0 Å². The van der Waals surface area contributed by atoms with Gasteiger partial charge in [0.2, 0.25) is 0 Å². The molecule has 1 rings (SSSR count). The van der Waals surface area contributed by atoms with E-state index in [0.29, 0.717) is 6.54 Å². The molecule has 19 heavy (non-hydrogen) atoms. The lowest BCUT2D eigenvalue weighted by Crippen LogP contribution is -2.56. The Hall–Kier alpha value is -1.46. The normalized spacial score (nSPS) is 21.7. The second-order valence-electron chi connectivity index (χ2n) is 6.03. The molecule has 1 heterocycles. The first-order valence-electron chi connectivity index (χ1n) is 6.76. The fraction of sp³-hybridized carbons (Fsp3) is 0.846. The van der Waals surface area contributed by atoms with Crippen LogP contribution in [0.5, 0.6) is 0 Å². The van der Waals surface area contributed by atoms with Crippen molar-refractivity contribution in [1.29, 1.82) is 0 Å². The van der Waals surface area contributed by atoms with E-state index in [2.05, 4.69) is 5.32 Å². The van der Waals surface area contributed by atoms with Gasteiger partial charge in [-0.3, -0.25) is 0 Å². The largest absolute Gasteiger partial charge is 0.444 e. The highest BCUT2D eigenvalue weighted by Crippen LogP contribution is 2.19. The summed E-state index contributed by atoms with van der Waals surface area (Å²) in [5, 5.41) is 2.78. The van der Waals surface area contributed by atoms with E-state index in [-0.39, 0.29) is 12.1 Å². The van der Waals surface area contributed by atoms with E-state index < -0.39 is 17.7 Å². The Balaban J connectivity index is 2.58. The van der Waals surface area contributed by atoms with Crippen molar-refractivity contribution in [3.05, 3.63) is 0 Å². The Bertz CT molecular complexity index is 339. The molecule has 0 aromatic heterocycles. The quantitative estimate of drug-likeness (QED) is 0.803. The molecule has 0 aliphatic carbocycles. The Morgan fingerprint density at radius 1 is 1.37 bits per heavy atom. The predicted molar refractivity (Wildman–Crippen MR) is 72.8 cm³/mol. The van der Waals surface area contributed by atoms with Crippen LogP contribution in [0.15, 0.2) is 0 Å². The maximum absolute atomic E-state index is 11.7. The summed E-state index contributed by atoms with van der Waals surface area (Å²) >= 11 is 0. The molecule has 0 radical (unpaired) electrons. The molecular formula is C13H25N3O3. The molecule has 1 fully saturated rings. The number of hydrogen-bond acceptors (Lipinski definition) is 3. The van der Waals surface area contributed by atoms with Crippen LogP contribution in [0.3, 0.4) is 0 Å². The van der Waals surface area contributed by atoms with Crippen molar-refractivity contribution in [3.8, 4) is 0 Å². The van der Waals surface area contributed by atoms with Gasteiger partial charge in [-0.25, -0.2) is 9.59 Å². The summed E-state index contributed by atoms with van der Waals surface area (Å²) in [4.78, 5) is 24.7. The van der Waals surface area contributed by atoms with Crippen LogP contribution >= 0.6 is 0 Å². The topological polar surface area (TPSA) is 84.7 Å². The van der Waals surface area contributed by atoms with E-state index in [4.69, 9.17) is 10.5 Å². The van der Waals surface area contributed by atoms with Gasteiger partial charge < -0.3 is 20.7 Å². The Kier molecular flexibility index (Phi) is 5.03. The van der Waals surface area contributed by atoms with Crippen molar-refractivity contribution in [3.63, 3.8) is 0 Å². The number of nitrogens with zero attached hydrogens (tertiary/aromatic N) is 1. The zero-order valence-corrected chi connectivity index (χ0v) is 12.2. The third-order valence-electron chi connectivity index (χ3n) is 3.15. The predicted octanol–water partition coefficient (Wildman–Crippen LogP) is 1.83. The lowest BCUT2D eigenvalue weighted by atomic mass is 9.97. The Morgan fingerprint density at radius 2 is 2.00 bits per heavy atom. The number of likely N-dealkylation sites (tertiary alicyclic amines) is 1. The number of urea groups is 1. The van der Waals surface area contributed by atoms with Gasteiger partial charge >= 0.3 is 12.1 Å². The van der Waals surface area contributed by atoms with Crippen LogP contribution in [0.4, 0.5) is 9.59 Å². The first-order valence-corrected chi connectivity index (χ1v) is 6.76. The second kappa shape index (κ2) is 6.12. The van der Waals surface area contributed by atoms with Gasteiger partial charge in [-0.2, -0.15) is 0 Å². The van der Waals surface area contributed by atoms with E-state index >= 15 is 0 Å². The molecule has 0 spiro atoms. The van der Waals surface area contributed by atoms with E-state index in [9.17, 15) is 9.59 Å². The average Bonchev–Trinajstić information content (AvgIpc) is 2.26. The van der Waals surface area contributed by atoms with Crippen LogP contribution < -0.4 is 11.1 Å². The first-order chi connectivity index (χ1) is 8.70. The van der Waals surface area contributed by atoms with Crippen molar-refractivity contribution in [2.24, 2.45) is 5.73 Å². The molecule has 0 aromatic carbocycles. The number of piperidine rings is 1. The molecule has 3 amide bonds. The summed E-state index contributed by atoms with van der Waals surface area (Å²) in [6.45, 7) is 7.96. The van der Waals surface area contributed by atoms with E-state index in [1.807, 2.05) is 27.7 Å². The van der Waals surface area contributed by atoms with Crippen molar-refractivity contribution >= 4 is 12.1 Å². The maximum Gasteiger partial charge on any atom is 0.407 e. The van der Waals surface area contributed by atoms with Crippen molar-refractivity contribution in [2.45, 2.75) is 64.6 Å². The molecule has 3 N–H and O–H groups in total. The van der Waals surface area contributed by atoms with Gasteiger partial charge in [0, 0.05) is 12.6 Å². The molecular weight excluding hydrogens is 246 g/mol. The summed E-state index contributed by atoms with van der Waals surface area (Å²) in [5.74, 6) is 0. The van der Waals surface area contributed by atoms with Crippen molar-refractivity contribution in [2.75, 3.05) is 6.54 Å². The van der Waals surface area contributed by atoms with Gasteiger partial charge in [0.1, 0.15) is 5.60 Å². The minimum absolute atomic E-state index is 0.0567. The molecule has 0 aromatic rings. The van der Waals surface area contributed by atoms with Crippen LogP contribution in [-0.2, 0) is 4.74 Å². The number of nitrogens with two attached hydrogens (primary N) is 1. The number of amides is 3. The van der Waals surface area contributed by atoms with Crippen LogP contribution in [0.1, 0.15) is 47.0 Å². The smallest absolute Gasteiger partial charge is 0.407 e. The van der Waals surface area contributed by atoms with Gasteiger partial charge in [0.25, 0.3) is 0 Å². The van der Waals surface area contributed by atoms with E-state index in [1.165, 1.54) is 0 Å². The van der Waals surface area contributed by atoms with Gasteiger partial charge in [-0.1, -0.05) is 0 Å². The molecule has 110 valence electrons. The van der Waals surface area contributed by atoms with Gasteiger partial charge in [0.05, 0.1) is 6.04 Å². The SMILES string of the molecule is C[C@@H](NC(=O)OC(C)(C)C)[C@@H]1CCCCN1C(N)=O. The zero-order chi connectivity index (χ0) is 14.6. The molecule has 1 aliphatic heterocycles. The summed E-state index contributed by atoms with van der Waals surface area (Å²) in [5.41, 5.74) is 4.84. The van der Waals surface area contributed by atoms with E-state index in [1.54, 1.807) is 4.90 Å². The third-order valence-corrected chi connectivity index (χ3v) is 3.15. The second-order valence-corrected chi connectivity index (χ2v) is 6.03. The van der Waals surface area contributed by atoms with Gasteiger partial charge in [0.15, 0.2) is 0 Å². The fourth-order valence-corrected chi connectivity index (χ4v) is 2.34. The number of primary amides is 1. The molecule has 6 nitrogen and oxygen atoms in total. The van der Waals surface area contributed by atoms with Crippen molar-refractivity contribution < 1.29 is 14.3 Å². The van der Waals surface area contributed by atoms with Crippen LogP contribution in [0.25, 0.3) is 0 Å². The molecule has 0 unspecified atom stereocenters. The molecule has 0 saturated carbocycles. The lowest BCUT2D eigenvalue weighted by molar-refractivity contribution is 0.0464. The first kappa shape index (κ1) is 15.6. The molecule has 6 heteroatoms. The lowest BCUT2D eigenvalue weighted by Gasteiger charge is -2.38. The average molecular weight is 271 g/mol. The number of ether oxygens (including phenoxy) is 1. The Labute approximate surface area is 114 Å². The number of alkyl carbamates (subject to hydrolysis) is 1. The number of carbonyl (C=O) groups is 2. The summed E-state index contributed by atoms with van der Waals surface area (Å²) in [6, 6.07) is -0.663. The molecule has 2 atom stereocenters. The summed E-state index contributed by atoms with van der Waals surface area (Å²) in [6.07, 6.45) is 2.38. The molecule has 0 bridgehead atoms. The highest BCUT2D eigenvalue weighted by atomic mass is 16.6. The highest BCUT2D eigenvalue weighted by Gasteiger charge is 2.31. The maximum atomic E-state index is 11.7. The highest BCUT2D eigenvalue weighted by molar-refractivity contribution is 5.73. The molecule has 1 aliphatic rings. The molecule has 1 saturated heterocycles. The van der Waals surface area contributed by atoms with E-state index in [0.717, 1.165) is 19.3 Å². The summed E-state index contributed by atoms with van der Waals surface area (Å²) < 4.78 is 5.21. The van der Waals surface area contributed by atoms with Crippen LogP contribution in [-0.4, -0.2) is 41.3 Å². The summed E-state index contributed by atoms with van der Waals surface area (Å²) in [7, 11) is 0. The minimum atomic E-state index is -0.528. The minimum Gasteiger partial charge on any atom is -0.444 e. The number of rotatable bonds is 2. The monoisotopic (exact) mass is 271 g/mol. The third kappa shape index (κ3) is 4.96. The zero-order valence-electron chi connectivity index (χ0n) is 12.2. The Morgan fingerprint density at radius 3 is 2.53 bits per heavy atom. The fourth-order valence-electron chi connectivity index (χ4n) is 2.34. The van der Waals surface area contributed by atoms with Gasteiger partial charge in [-0.05, 0) is 47.0 Å². The standard InChI is InChI=1S/C13H25N3O3/c1-9(15-12(18)19-13(2,3)4)10-7-5-6-8-16(10)11(14)17/h9-10H,5-8H2,1-4H3,(H2,14,17)(H,15,18)/t9-,10+/m1/s1.